The van der Waals surface area contributed by atoms with Crippen LogP contribution in [0.15, 0.2) is 0 Å². The average molecular weight is 836 g/mol. The van der Waals surface area contributed by atoms with Crippen molar-refractivity contribution in [3.05, 3.63) is 32.5 Å². The standard InChI is InChI=1S/2C12H24N2.6CNS.Ni.2H2O/c2*1-2-6-13(5-1)9-11-14(12-10-13)7-3-4-8-14;6*2-1-3;;;/h2*1-12H2;;;;;;;;2*1H2/q2*+2;6*-1;+2;;. The minimum Gasteiger partial charge on any atom is -0.753 e. The third-order valence-corrected chi connectivity index (χ3v) is 10.3. The van der Waals surface area contributed by atoms with Crippen LogP contribution in [0.3, 0.4) is 0 Å². The van der Waals surface area contributed by atoms with E-state index in [1.54, 1.807) is 0 Å². The quantitative estimate of drug-likeness (QED) is 0.146. The molecule has 6 fully saturated rings. The van der Waals surface area contributed by atoms with E-state index in [9.17, 15) is 0 Å². The predicted molar refractivity (Wildman–Crippen MR) is 219 cm³/mol. The van der Waals surface area contributed by atoms with Gasteiger partial charge in [0.2, 0.25) is 0 Å². The molecule has 0 aromatic rings. The Hall–Kier alpha value is -0.946. The van der Waals surface area contributed by atoms with Gasteiger partial charge in [0.15, 0.2) is 0 Å². The van der Waals surface area contributed by atoms with Gasteiger partial charge in [0.25, 0.3) is 0 Å². The van der Waals surface area contributed by atoms with Gasteiger partial charge in [-0.1, -0.05) is 73.3 Å². The van der Waals surface area contributed by atoms with Gasteiger partial charge in [0, 0.05) is 51.4 Å². The topological polar surface area (TPSA) is 197 Å². The van der Waals surface area contributed by atoms with E-state index in [1.165, 1.54) is 205 Å². The zero-order chi connectivity index (χ0) is 35.2. The summed E-state index contributed by atoms with van der Waals surface area (Å²) in [4.78, 5) is 0. The van der Waals surface area contributed by atoms with Crippen LogP contribution in [-0.2, 0) is 16.5 Å². The van der Waals surface area contributed by atoms with Crippen molar-refractivity contribution >= 4 is 104 Å². The molecule has 4 spiro atoms. The molecule has 0 radical (unpaired) electrons. The number of rotatable bonds is 0. The van der Waals surface area contributed by atoms with Gasteiger partial charge in [0.05, 0.1) is 52.4 Å². The van der Waals surface area contributed by atoms with E-state index < -0.39 is 0 Å². The molecule has 280 valence electrons. The molecule has 6 heterocycles. The van der Waals surface area contributed by atoms with E-state index in [1.807, 2.05) is 0 Å². The maximum Gasteiger partial charge on any atom is 2.00 e. The zero-order valence-corrected chi connectivity index (χ0v) is 34.1. The Labute approximate surface area is 335 Å². The Morgan fingerprint density at radius 3 is 0.429 bits per heavy atom. The smallest absolute Gasteiger partial charge is 0.753 e. The van der Waals surface area contributed by atoms with Crippen LogP contribution < -0.4 is 0 Å². The fourth-order valence-electron chi connectivity index (χ4n) is 7.96. The number of nitrogens with zero attached hydrogens (tertiary/aromatic N) is 10. The Balaban J connectivity index is -0.000000172. The van der Waals surface area contributed by atoms with Crippen molar-refractivity contribution in [3.63, 3.8) is 0 Å². The van der Waals surface area contributed by atoms with Crippen LogP contribution in [0.4, 0.5) is 0 Å². The summed E-state index contributed by atoms with van der Waals surface area (Å²) in [7, 11) is 0. The molecule has 0 unspecified atom stereocenters. The first-order chi connectivity index (χ1) is 22.1. The van der Waals surface area contributed by atoms with Crippen molar-refractivity contribution in [2.75, 3.05) is 105 Å². The Kier molecular flexibility index (Phi) is 41.5. The minimum absolute atomic E-state index is 0. The maximum atomic E-state index is 7.13. The molecule has 6 rings (SSSR count). The van der Waals surface area contributed by atoms with Gasteiger partial charge < -0.3 is 61.3 Å². The van der Waals surface area contributed by atoms with Crippen molar-refractivity contribution in [1.82, 2.24) is 0 Å². The first kappa shape index (κ1) is 57.4. The normalized spacial score (nSPS) is 20.6. The summed E-state index contributed by atoms with van der Waals surface area (Å²) in [5.41, 5.74) is 0. The molecule has 12 nitrogen and oxygen atoms in total. The van der Waals surface area contributed by atoms with Crippen LogP contribution in [0.5, 0.6) is 0 Å². The fraction of sp³-hybridized carbons (Fsp3) is 0.800. The van der Waals surface area contributed by atoms with E-state index >= 15 is 0 Å². The third kappa shape index (κ3) is 24.0. The zero-order valence-electron chi connectivity index (χ0n) is 28.2. The molecule has 0 atom stereocenters. The summed E-state index contributed by atoms with van der Waals surface area (Å²) in [6.07, 6.45) is 12.0. The van der Waals surface area contributed by atoms with Crippen molar-refractivity contribution < 1.29 is 45.4 Å². The second-order valence-corrected chi connectivity index (χ2v) is 13.4. The summed E-state index contributed by atoms with van der Waals surface area (Å²) in [6.45, 7) is 24.0. The molecule has 6 saturated heterocycles. The summed E-state index contributed by atoms with van der Waals surface area (Å²) in [5.74, 6) is 0. The summed E-state index contributed by atoms with van der Waals surface area (Å²) in [6, 6.07) is 0. The van der Waals surface area contributed by atoms with Crippen LogP contribution >= 0.6 is 73.3 Å². The molecule has 0 aromatic carbocycles. The first-order valence-corrected chi connectivity index (χ1v) is 18.1. The summed E-state index contributed by atoms with van der Waals surface area (Å²) < 4.78 is 6.00. The molecular weight excluding hydrogens is 783 g/mol. The van der Waals surface area contributed by atoms with Gasteiger partial charge in [-0.3, -0.25) is 0 Å². The Morgan fingerprint density at radius 1 is 0.265 bits per heavy atom. The predicted octanol–water partition coefficient (Wildman–Crippen LogP) is 4.74. The minimum atomic E-state index is 0. The van der Waals surface area contributed by atoms with Gasteiger partial charge >= 0.3 is 16.5 Å². The number of quaternary nitrogens is 4. The van der Waals surface area contributed by atoms with Crippen LogP contribution in [0.2, 0.25) is 0 Å². The SMILES string of the molecule is C1CC[N+]2(C1)CC[N+]1(CCCC1)CC2.C1CC[N+]2(C1)CC[N+]1(CCCC1)CC2.O.O.[N-]=C=S.[N-]=C=S.[N-]=C=S.[N-]=C=S.[N-]=C=S.[N-]=C=S.[Ni+2]. The van der Waals surface area contributed by atoms with Crippen molar-refractivity contribution in [2.45, 2.75) is 51.4 Å². The number of thiocarbonyl (C=S) groups is 6. The largest absolute Gasteiger partial charge is 2.00 e. The van der Waals surface area contributed by atoms with Gasteiger partial charge in [-0.05, 0) is 0 Å². The summed E-state index contributed by atoms with van der Waals surface area (Å²) >= 11 is 22.2. The van der Waals surface area contributed by atoms with E-state index in [4.69, 9.17) is 32.5 Å². The molecule has 0 aliphatic carbocycles. The maximum absolute atomic E-state index is 7.13. The Bertz CT molecular complexity index is 846. The van der Waals surface area contributed by atoms with E-state index in [-0.39, 0.29) is 27.4 Å². The van der Waals surface area contributed by atoms with E-state index in [0.29, 0.717) is 0 Å². The van der Waals surface area contributed by atoms with Crippen molar-refractivity contribution in [3.8, 4) is 0 Å². The van der Waals surface area contributed by atoms with Gasteiger partial charge in [-0.25, -0.2) is 0 Å². The monoisotopic (exact) mass is 834 g/mol. The average Bonchev–Trinajstić information content (AvgIpc) is 3.86. The second kappa shape index (κ2) is 35.5. The third-order valence-electron chi connectivity index (χ3n) is 10.3. The fourth-order valence-corrected chi connectivity index (χ4v) is 7.96. The van der Waals surface area contributed by atoms with Crippen LogP contribution in [0.1, 0.15) is 51.4 Å². The molecule has 49 heavy (non-hydrogen) atoms. The van der Waals surface area contributed by atoms with E-state index in [0.717, 1.165) is 0 Å². The molecule has 4 N–H and O–H groups in total. The van der Waals surface area contributed by atoms with Crippen LogP contribution in [-0.4, -0.2) is 165 Å². The van der Waals surface area contributed by atoms with E-state index in [2.05, 4.69) is 73.3 Å². The molecule has 6 aliphatic heterocycles. The molecule has 0 bridgehead atoms. The first-order valence-electron chi connectivity index (χ1n) is 15.6. The van der Waals surface area contributed by atoms with Crippen molar-refractivity contribution in [1.29, 1.82) is 0 Å². The number of hydrogen-bond acceptors (Lipinski definition) is 6. The van der Waals surface area contributed by atoms with Crippen LogP contribution in [0.25, 0.3) is 32.5 Å². The molecule has 6 aliphatic rings. The van der Waals surface area contributed by atoms with Gasteiger partial charge in [-0.2, -0.15) is 31.0 Å². The van der Waals surface area contributed by atoms with Gasteiger partial charge in [0.1, 0.15) is 52.4 Å². The molecule has 0 aromatic heterocycles. The number of hydrogen-bond donors (Lipinski definition) is 0. The van der Waals surface area contributed by atoms with Gasteiger partial charge in [-0.15, -0.1) is 0 Å². The molecule has 0 saturated carbocycles. The second-order valence-electron chi connectivity index (χ2n) is 12.3. The number of piperazine rings is 2. The molecule has 19 heteroatoms. The number of isothiocyanates is 6. The van der Waals surface area contributed by atoms with Crippen molar-refractivity contribution in [2.24, 2.45) is 0 Å². The summed E-state index contributed by atoms with van der Waals surface area (Å²) in [5, 5.41) is 50.8. The molecular formula is C30H52N10NiO2S6. The Morgan fingerprint density at radius 2 is 0.347 bits per heavy atom. The van der Waals surface area contributed by atoms with Crippen LogP contribution in [0, 0.1) is 0 Å². The molecule has 0 amide bonds.